The van der Waals surface area contributed by atoms with Crippen LogP contribution in [0.25, 0.3) is 0 Å². The summed E-state index contributed by atoms with van der Waals surface area (Å²) in [6, 6.07) is 3.48. The van der Waals surface area contributed by atoms with E-state index in [2.05, 4.69) is 4.98 Å². The van der Waals surface area contributed by atoms with E-state index in [1.807, 2.05) is 45.9 Å². The molecule has 2 N–H and O–H groups in total. The zero-order valence-electron chi connectivity index (χ0n) is 18.7. The minimum Gasteiger partial charge on any atom is -0.489 e. The fraction of sp³-hybridized carbons (Fsp3) is 0.400. The van der Waals surface area contributed by atoms with Gasteiger partial charge in [-0.3, -0.25) is 4.79 Å². The fourth-order valence-electron chi connectivity index (χ4n) is 4.05. The van der Waals surface area contributed by atoms with Gasteiger partial charge in [0, 0.05) is 29.3 Å². The van der Waals surface area contributed by atoms with E-state index in [0.717, 1.165) is 28.5 Å². The quantitative estimate of drug-likeness (QED) is 0.516. The van der Waals surface area contributed by atoms with Crippen molar-refractivity contribution in [1.82, 2.24) is 4.98 Å². The normalized spacial score (nSPS) is 18.5. The molecular formula is C25H28F3NO3. The van der Waals surface area contributed by atoms with Gasteiger partial charge in [-0.1, -0.05) is 36.8 Å². The molecule has 1 aromatic heterocycles. The molecule has 0 fully saturated rings. The Morgan fingerprint density at radius 2 is 1.94 bits per heavy atom. The highest BCUT2D eigenvalue weighted by molar-refractivity contribution is 5.67. The minimum atomic E-state index is -4.50. The summed E-state index contributed by atoms with van der Waals surface area (Å²) in [6.45, 7) is 7.34. The molecule has 0 saturated heterocycles. The van der Waals surface area contributed by atoms with Gasteiger partial charge in [0.1, 0.15) is 12.4 Å². The highest BCUT2D eigenvalue weighted by Crippen LogP contribution is 2.41. The Balaban J connectivity index is 1.91. The SMILES string of the molecule is CC1=CCC(C)(c2[nH]cc(C(F)(F)F)c2COc2ccc(CCC(=O)O)c(C)c2C)C=C1. The average molecular weight is 447 g/mol. The van der Waals surface area contributed by atoms with Gasteiger partial charge < -0.3 is 14.8 Å². The molecule has 0 spiro atoms. The van der Waals surface area contributed by atoms with E-state index < -0.39 is 23.1 Å². The third-order valence-corrected chi connectivity index (χ3v) is 6.26. The molecule has 0 saturated carbocycles. The maximum Gasteiger partial charge on any atom is 0.418 e. The lowest BCUT2D eigenvalue weighted by atomic mass is 9.77. The Hall–Kier alpha value is -2.96. The Kier molecular flexibility index (Phi) is 6.58. The van der Waals surface area contributed by atoms with Crippen LogP contribution in [0.3, 0.4) is 0 Å². The van der Waals surface area contributed by atoms with Gasteiger partial charge in [0.15, 0.2) is 0 Å². The smallest absolute Gasteiger partial charge is 0.418 e. The molecular weight excluding hydrogens is 419 g/mol. The Morgan fingerprint density at radius 1 is 1.22 bits per heavy atom. The molecule has 1 unspecified atom stereocenters. The highest BCUT2D eigenvalue weighted by Gasteiger charge is 2.39. The molecule has 0 bridgehead atoms. The number of halogens is 3. The summed E-state index contributed by atoms with van der Waals surface area (Å²) in [6.07, 6.45) is 3.39. The Labute approximate surface area is 185 Å². The zero-order chi connectivity index (χ0) is 23.7. The second-order valence-electron chi connectivity index (χ2n) is 8.61. The molecule has 2 aromatic rings. The van der Waals surface area contributed by atoms with E-state index in [4.69, 9.17) is 9.84 Å². The number of hydrogen-bond acceptors (Lipinski definition) is 2. The van der Waals surface area contributed by atoms with Crippen LogP contribution in [-0.4, -0.2) is 16.1 Å². The first-order valence-corrected chi connectivity index (χ1v) is 10.5. The predicted octanol–water partition coefficient (Wildman–Crippen LogP) is 6.41. The van der Waals surface area contributed by atoms with Gasteiger partial charge in [0.2, 0.25) is 0 Å². The van der Waals surface area contributed by atoms with Crippen LogP contribution in [-0.2, 0) is 29.4 Å². The van der Waals surface area contributed by atoms with Crippen molar-refractivity contribution in [3.8, 4) is 5.75 Å². The number of alkyl halides is 3. The number of carboxylic acids is 1. The van der Waals surface area contributed by atoms with E-state index >= 15 is 0 Å². The Morgan fingerprint density at radius 3 is 2.53 bits per heavy atom. The fourth-order valence-corrected chi connectivity index (χ4v) is 4.05. The van der Waals surface area contributed by atoms with Crippen molar-refractivity contribution in [3.05, 3.63) is 75.6 Å². The molecule has 0 amide bonds. The van der Waals surface area contributed by atoms with Gasteiger partial charge in [0.05, 0.1) is 5.56 Å². The molecule has 0 radical (unpaired) electrons. The van der Waals surface area contributed by atoms with Crippen molar-refractivity contribution in [3.63, 3.8) is 0 Å². The lowest BCUT2D eigenvalue weighted by molar-refractivity contribution is -0.138. The van der Waals surface area contributed by atoms with Crippen molar-refractivity contribution >= 4 is 5.97 Å². The maximum atomic E-state index is 13.7. The van der Waals surface area contributed by atoms with Crippen LogP contribution >= 0.6 is 0 Å². The maximum absolute atomic E-state index is 13.7. The summed E-state index contributed by atoms with van der Waals surface area (Å²) in [7, 11) is 0. The van der Waals surface area contributed by atoms with Crippen molar-refractivity contribution in [2.75, 3.05) is 0 Å². The lowest BCUT2D eigenvalue weighted by Gasteiger charge is -2.28. The van der Waals surface area contributed by atoms with Gasteiger partial charge >= 0.3 is 12.1 Å². The number of ether oxygens (including phenoxy) is 1. The van der Waals surface area contributed by atoms with Gasteiger partial charge in [-0.25, -0.2) is 0 Å². The number of nitrogens with one attached hydrogen (secondary N) is 1. The van der Waals surface area contributed by atoms with Crippen LogP contribution in [0.5, 0.6) is 5.75 Å². The highest BCUT2D eigenvalue weighted by atomic mass is 19.4. The van der Waals surface area contributed by atoms with Gasteiger partial charge in [-0.15, -0.1) is 0 Å². The number of benzene rings is 1. The second-order valence-corrected chi connectivity index (χ2v) is 8.61. The molecule has 1 atom stereocenters. The van der Waals surface area contributed by atoms with E-state index in [9.17, 15) is 18.0 Å². The van der Waals surface area contributed by atoms with Gasteiger partial charge in [-0.2, -0.15) is 13.2 Å². The first kappa shape index (κ1) is 23.7. The molecule has 1 aliphatic carbocycles. The summed E-state index contributed by atoms with van der Waals surface area (Å²) in [4.78, 5) is 13.7. The first-order chi connectivity index (χ1) is 14.9. The molecule has 4 nitrogen and oxygen atoms in total. The third-order valence-electron chi connectivity index (χ3n) is 6.26. The lowest BCUT2D eigenvalue weighted by Crippen LogP contribution is -2.23. The molecule has 1 aromatic carbocycles. The number of allylic oxidation sites excluding steroid dienone is 4. The van der Waals surface area contributed by atoms with Crippen LogP contribution < -0.4 is 4.74 Å². The molecule has 32 heavy (non-hydrogen) atoms. The van der Waals surface area contributed by atoms with Crippen molar-refractivity contribution in [2.45, 2.75) is 65.2 Å². The first-order valence-electron chi connectivity index (χ1n) is 10.5. The summed E-state index contributed by atoms with van der Waals surface area (Å²) in [5.41, 5.74) is 2.93. The zero-order valence-corrected chi connectivity index (χ0v) is 18.7. The largest absolute Gasteiger partial charge is 0.489 e. The van der Waals surface area contributed by atoms with E-state index in [-0.39, 0.29) is 18.6 Å². The number of hydrogen-bond donors (Lipinski definition) is 2. The monoisotopic (exact) mass is 447 g/mol. The topological polar surface area (TPSA) is 62.3 Å². The van der Waals surface area contributed by atoms with Gasteiger partial charge in [0.25, 0.3) is 0 Å². The number of carboxylic acid groups (broad SMARTS) is 1. The molecule has 1 aliphatic rings. The molecule has 3 rings (SSSR count). The summed E-state index contributed by atoms with van der Waals surface area (Å²) in [5, 5.41) is 8.91. The van der Waals surface area contributed by atoms with Crippen LogP contribution in [0.1, 0.15) is 60.2 Å². The van der Waals surface area contributed by atoms with Gasteiger partial charge in [-0.05, 0) is 56.4 Å². The van der Waals surface area contributed by atoms with Crippen molar-refractivity contribution in [2.24, 2.45) is 0 Å². The predicted molar refractivity (Wildman–Crippen MR) is 117 cm³/mol. The Bertz CT molecular complexity index is 1080. The van der Waals surface area contributed by atoms with E-state index in [0.29, 0.717) is 24.3 Å². The molecule has 172 valence electrons. The second kappa shape index (κ2) is 8.88. The number of carbonyl (C=O) groups is 1. The number of aryl methyl sites for hydroxylation is 1. The van der Waals surface area contributed by atoms with E-state index in [1.54, 1.807) is 12.1 Å². The molecule has 7 heteroatoms. The molecule has 1 heterocycles. The standard InChI is InChI=1S/C25H28F3NO3/c1-15-9-11-24(4,12-10-15)23-19(20(13-29-23)25(26,27)28)14-32-21-7-5-18(6-8-22(30)31)16(2)17(21)3/h5,7,9-11,13,29H,6,8,12,14H2,1-4H3,(H,30,31). The number of aromatic amines is 1. The summed E-state index contributed by atoms with van der Waals surface area (Å²) < 4.78 is 47.1. The van der Waals surface area contributed by atoms with Crippen molar-refractivity contribution < 1.29 is 27.8 Å². The number of H-pyrrole nitrogens is 1. The molecule has 0 aliphatic heterocycles. The van der Waals surface area contributed by atoms with E-state index in [1.165, 1.54) is 0 Å². The van der Waals surface area contributed by atoms with Crippen LogP contribution in [0.15, 0.2) is 42.1 Å². The number of aliphatic carboxylic acids is 1. The van der Waals surface area contributed by atoms with Crippen LogP contribution in [0.2, 0.25) is 0 Å². The average Bonchev–Trinajstić information content (AvgIpc) is 3.16. The third kappa shape index (κ3) is 4.92. The van der Waals surface area contributed by atoms with Crippen molar-refractivity contribution in [1.29, 1.82) is 0 Å². The summed E-state index contributed by atoms with van der Waals surface area (Å²) >= 11 is 0. The van der Waals surface area contributed by atoms with Crippen LogP contribution in [0.4, 0.5) is 13.2 Å². The summed E-state index contributed by atoms with van der Waals surface area (Å²) in [5.74, 6) is -0.390. The minimum absolute atomic E-state index is 0.0160. The number of rotatable bonds is 7. The number of aromatic nitrogens is 1. The van der Waals surface area contributed by atoms with Crippen LogP contribution in [0, 0.1) is 13.8 Å².